The lowest BCUT2D eigenvalue weighted by Gasteiger charge is -2.20. The minimum atomic E-state index is 0.279. The molecular weight excluding hydrogens is 248 g/mol. The van der Waals surface area contributed by atoms with Crippen LogP contribution < -0.4 is 10.1 Å². The summed E-state index contributed by atoms with van der Waals surface area (Å²) in [7, 11) is 1.70. The van der Waals surface area contributed by atoms with Crippen molar-refractivity contribution in [1.29, 1.82) is 0 Å². The molecule has 2 rings (SSSR count). The summed E-state index contributed by atoms with van der Waals surface area (Å²) in [4.78, 5) is 4.42. The Bertz CT molecular complexity index is 540. The number of nitrogens with zero attached hydrogens (tertiary/aromatic N) is 1. The van der Waals surface area contributed by atoms with E-state index in [-0.39, 0.29) is 6.04 Å². The second kappa shape index (κ2) is 7.06. The van der Waals surface area contributed by atoms with Gasteiger partial charge in [0.05, 0.1) is 7.11 Å². The molecule has 1 N–H and O–H groups in total. The predicted molar refractivity (Wildman–Crippen MR) is 82.1 cm³/mol. The van der Waals surface area contributed by atoms with Gasteiger partial charge in [0, 0.05) is 24.4 Å². The zero-order chi connectivity index (χ0) is 14.4. The number of likely N-dealkylation sites (N-methyl/N-ethyl adjacent to an activating group) is 1. The van der Waals surface area contributed by atoms with E-state index in [0.717, 1.165) is 24.4 Å². The maximum atomic E-state index is 5.28. The molecule has 106 valence electrons. The van der Waals surface area contributed by atoms with Crippen molar-refractivity contribution in [3.63, 3.8) is 0 Å². The van der Waals surface area contributed by atoms with E-state index in [4.69, 9.17) is 4.74 Å². The van der Waals surface area contributed by atoms with E-state index in [2.05, 4.69) is 42.3 Å². The lowest BCUT2D eigenvalue weighted by molar-refractivity contribution is 0.414. The standard InChI is InChI=1S/C17H22N2O/c1-4-18-17(12-14-7-5-6-10-19-14)16-9-8-15(20-3)11-13(16)2/h5-11,17-18H,4,12H2,1-3H3. The molecule has 1 atom stereocenters. The van der Waals surface area contributed by atoms with Crippen LogP contribution in [0.15, 0.2) is 42.6 Å². The molecule has 0 amide bonds. The van der Waals surface area contributed by atoms with E-state index < -0.39 is 0 Å². The zero-order valence-corrected chi connectivity index (χ0v) is 12.4. The maximum absolute atomic E-state index is 5.28. The van der Waals surface area contributed by atoms with E-state index in [1.165, 1.54) is 11.1 Å². The summed E-state index contributed by atoms with van der Waals surface area (Å²) in [5, 5.41) is 3.54. The molecule has 0 bridgehead atoms. The number of aryl methyl sites for hydroxylation is 1. The molecule has 1 aromatic heterocycles. The highest BCUT2D eigenvalue weighted by Crippen LogP contribution is 2.24. The largest absolute Gasteiger partial charge is 0.497 e. The monoisotopic (exact) mass is 270 g/mol. The molecule has 1 heterocycles. The molecule has 0 aliphatic heterocycles. The van der Waals surface area contributed by atoms with Gasteiger partial charge in [0.1, 0.15) is 5.75 Å². The van der Waals surface area contributed by atoms with E-state index in [1.807, 2.05) is 24.4 Å². The van der Waals surface area contributed by atoms with Crippen LogP contribution in [0.25, 0.3) is 0 Å². The van der Waals surface area contributed by atoms with E-state index in [0.29, 0.717) is 0 Å². The van der Waals surface area contributed by atoms with Crippen molar-refractivity contribution in [2.45, 2.75) is 26.3 Å². The Morgan fingerprint density at radius 2 is 2.10 bits per heavy atom. The zero-order valence-electron chi connectivity index (χ0n) is 12.4. The summed E-state index contributed by atoms with van der Waals surface area (Å²) in [6.45, 7) is 5.19. The first-order chi connectivity index (χ1) is 9.74. The quantitative estimate of drug-likeness (QED) is 0.874. The van der Waals surface area contributed by atoms with Crippen molar-refractivity contribution in [2.24, 2.45) is 0 Å². The Morgan fingerprint density at radius 1 is 1.25 bits per heavy atom. The van der Waals surface area contributed by atoms with Gasteiger partial charge in [0.15, 0.2) is 0 Å². The number of rotatable bonds is 6. The number of hydrogen-bond donors (Lipinski definition) is 1. The summed E-state index contributed by atoms with van der Waals surface area (Å²) in [5.74, 6) is 0.902. The van der Waals surface area contributed by atoms with Gasteiger partial charge in [-0.05, 0) is 48.9 Å². The van der Waals surface area contributed by atoms with Crippen molar-refractivity contribution in [1.82, 2.24) is 10.3 Å². The topological polar surface area (TPSA) is 34.2 Å². The van der Waals surface area contributed by atoms with Gasteiger partial charge in [0.2, 0.25) is 0 Å². The highest BCUT2D eigenvalue weighted by atomic mass is 16.5. The summed E-state index contributed by atoms with van der Waals surface area (Å²) >= 11 is 0. The Labute approximate surface area is 121 Å². The number of hydrogen-bond acceptors (Lipinski definition) is 3. The Balaban J connectivity index is 2.24. The lowest BCUT2D eigenvalue weighted by Crippen LogP contribution is -2.24. The van der Waals surface area contributed by atoms with Gasteiger partial charge < -0.3 is 10.1 Å². The SMILES string of the molecule is CCNC(Cc1ccccn1)c1ccc(OC)cc1C. The minimum absolute atomic E-state index is 0.279. The maximum Gasteiger partial charge on any atom is 0.119 e. The molecule has 0 fully saturated rings. The molecular formula is C17H22N2O. The summed E-state index contributed by atoms with van der Waals surface area (Å²) in [6.07, 6.45) is 2.74. The number of benzene rings is 1. The Kier molecular flexibility index (Phi) is 5.13. The molecule has 0 saturated heterocycles. The number of methoxy groups -OCH3 is 1. The minimum Gasteiger partial charge on any atom is -0.497 e. The first-order valence-electron chi connectivity index (χ1n) is 7.02. The highest BCUT2D eigenvalue weighted by molar-refractivity contribution is 5.37. The fourth-order valence-electron chi connectivity index (χ4n) is 2.43. The summed E-state index contributed by atoms with van der Waals surface area (Å²) < 4.78 is 5.28. The molecule has 0 radical (unpaired) electrons. The summed E-state index contributed by atoms with van der Waals surface area (Å²) in [5.41, 5.74) is 3.65. The van der Waals surface area contributed by atoms with Gasteiger partial charge in [-0.2, -0.15) is 0 Å². The molecule has 0 saturated carbocycles. The van der Waals surface area contributed by atoms with Crippen LogP contribution in [0.3, 0.4) is 0 Å². The first-order valence-corrected chi connectivity index (χ1v) is 7.02. The van der Waals surface area contributed by atoms with Crippen molar-refractivity contribution in [3.05, 3.63) is 59.4 Å². The fourth-order valence-corrected chi connectivity index (χ4v) is 2.43. The van der Waals surface area contributed by atoms with Crippen LogP contribution in [0.2, 0.25) is 0 Å². The fraction of sp³-hybridized carbons (Fsp3) is 0.353. The Morgan fingerprint density at radius 3 is 2.70 bits per heavy atom. The predicted octanol–water partition coefficient (Wildman–Crippen LogP) is 3.29. The van der Waals surface area contributed by atoms with Crippen LogP contribution >= 0.6 is 0 Å². The molecule has 3 heteroatoms. The van der Waals surface area contributed by atoms with Gasteiger partial charge in [-0.25, -0.2) is 0 Å². The van der Waals surface area contributed by atoms with E-state index in [9.17, 15) is 0 Å². The van der Waals surface area contributed by atoms with E-state index >= 15 is 0 Å². The lowest BCUT2D eigenvalue weighted by atomic mass is 9.97. The smallest absolute Gasteiger partial charge is 0.119 e. The van der Waals surface area contributed by atoms with Crippen molar-refractivity contribution in [2.75, 3.05) is 13.7 Å². The van der Waals surface area contributed by atoms with Crippen LogP contribution in [0.5, 0.6) is 5.75 Å². The molecule has 20 heavy (non-hydrogen) atoms. The van der Waals surface area contributed by atoms with Crippen LogP contribution in [0, 0.1) is 6.92 Å². The Hall–Kier alpha value is -1.87. The van der Waals surface area contributed by atoms with Crippen LogP contribution in [-0.2, 0) is 6.42 Å². The molecule has 0 aliphatic carbocycles. The molecule has 1 unspecified atom stereocenters. The highest BCUT2D eigenvalue weighted by Gasteiger charge is 2.14. The van der Waals surface area contributed by atoms with E-state index in [1.54, 1.807) is 7.11 Å². The van der Waals surface area contributed by atoms with Gasteiger partial charge in [-0.3, -0.25) is 4.98 Å². The third-order valence-corrected chi connectivity index (χ3v) is 3.44. The number of pyridine rings is 1. The van der Waals surface area contributed by atoms with Crippen molar-refractivity contribution < 1.29 is 4.74 Å². The van der Waals surface area contributed by atoms with Crippen LogP contribution in [0.1, 0.15) is 29.8 Å². The van der Waals surface area contributed by atoms with Crippen LogP contribution in [0.4, 0.5) is 0 Å². The average molecular weight is 270 g/mol. The number of ether oxygens (including phenoxy) is 1. The van der Waals surface area contributed by atoms with Crippen molar-refractivity contribution >= 4 is 0 Å². The number of aromatic nitrogens is 1. The normalized spacial score (nSPS) is 12.2. The van der Waals surface area contributed by atoms with Gasteiger partial charge in [-0.15, -0.1) is 0 Å². The second-order valence-corrected chi connectivity index (χ2v) is 4.86. The number of nitrogens with one attached hydrogen (secondary N) is 1. The molecule has 0 spiro atoms. The van der Waals surface area contributed by atoms with Gasteiger partial charge >= 0.3 is 0 Å². The van der Waals surface area contributed by atoms with Gasteiger partial charge in [0.25, 0.3) is 0 Å². The average Bonchev–Trinajstić information content (AvgIpc) is 2.48. The third kappa shape index (κ3) is 3.58. The molecule has 2 aromatic rings. The van der Waals surface area contributed by atoms with Gasteiger partial charge in [-0.1, -0.05) is 19.1 Å². The second-order valence-electron chi connectivity index (χ2n) is 4.86. The van der Waals surface area contributed by atoms with Crippen LogP contribution in [-0.4, -0.2) is 18.6 Å². The summed E-state index contributed by atoms with van der Waals surface area (Å²) in [6, 6.07) is 12.6. The molecule has 0 aliphatic rings. The molecule has 1 aromatic carbocycles. The molecule has 3 nitrogen and oxygen atoms in total. The van der Waals surface area contributed by atoms with Crippen molar-refractivity contribution in [3.8, 4) is 5.75 Å². The first kappa shape index (κ1) is 14.5. The third-order valence-electron chi connectivity index (χ3n) is 3.44.